The van der Waals surface area contributed by atoms with Crippen molar-refractivity contribution >= 4 is 5.91 Å². The fraction of sp³-hybridized carbons (Fsp3) is 0.214. The van der Waals surface area contributed by atoms with E-state index in [2.05, 4.69) is 5.32 Å². The van der Waals surface area contributed by atoms with Crippen LogP contribution in [0.15, 0.2) is 42.7 Å². The zero-order valence-corrected chi connectivity index (χ0v) is 10.3. The van der Waals surface area contributed by atoms with Crippen LogP contribution in [0.5, 0.6) is 0 Å². The lowest BCUT2D eigenvalue weighted by Crippen LogP contribution is -2.27. The average Bonchev–Trinajstić information content (AvgIpc) is 2.87. The molecular formula is C14H14F2N2O. The Bertz CT molecular complexity index is 532. The van der Waals surface area contributed by atoms with Crippen LogP contribution >= 0.6 is 0 Å². The van der Waals surface area contributed by atoms with Gasteiger partial charge in [0.05, 0.1) is 0 Å². The molecule has 0 saturated carbocycles. The molecule has 2 rings (SSSR count). The molecule has 19 heavy (non-hydrogen) atoms. The van der Waals surface area contributed by atoms with Crippen molar-refractivity contribution in [2.75, 3.05) is 6.54 Å². The van der Waals surface area contributed by atoms with Crippen molar-refractivity contribution in [3.63, 3.8) is 0 Å². The molecule has 1 aromatic carbocycles. The summed E-state index contributed by atoms with van der Waals surface area (Å²) in [7, 11) is 0. The molecule has 0 radical (unpaired) electrons. The summed E-state index contributed by atoms with van der Waals surface area (Å²) in [5.41, 5.74) is -0.525. The minimum absolute atomic E-state index is 0.366. The van der Waals surface area contributed by atoms with Crippen molar-refractivity contribution in [3.8, 4) is 0 Å². The number of hydrogen-bond acceptors (Lipinski definition) is 1. The molecule has 0 saturated heterocycles. The lowest BCUT2D eigenvalue weighted by Gasteiger charge is -2.07. The molecule has 0 bridgehead atoms. The number of carbonyl (C=O) groups is 1. The van der Waals surface area contributed by atoms with Crippen LogP contribution in [0.4, 0.5) is 8.78 Å². The molecule has 1 amide bonds. The number of rotatable bonds is 5. The Morgan fingerprint density at radius 3 is 2.37 bits per heavy atom. The monoisotopic (exact) mass is 264 g/mol. The number of nitrogens with one attached hydrogen (secondary N) is 1. The Balaban J connectivity index is 1.84. The summed E-state index contributed by atoms with van der Waals surface area (Å²) in [5, 5.41) is 2.51. The first-order chi connectivity index (χ1) is 9.18. The van der Waals surface area contributed by atoms with Gasteiger partial charge in [0.1, 0.15) is 17.2 Å². The Morgan fingerprint density at radius 2 is 1.74 bits per heavy atom. The van der Waals surface area contributed by atoms with E-state index in [9.17, 15) is 13.6 Å². The summed E-state index contributed by atoms with van der Waals surface area (Å²) in [6, 6.07) is 7.18. The highest BCUT2D eigenvalue weighted by molar-refractivity contribution is 5.94. The predicted octanol–water partition coefficient (Wildman–Crippen LogP) is 2.59. The fourth-order valence-corrected chi connectivity index (χ4v) is 1.79. The second-order valence-electron chi connectivity index (χ2n) is 4.13. The highest BCUT2D eigenvalue weighted by Gasteiger charge is 2.15. The van der Waals surface area contributed by atoms with Crippen LogP contribution in [-0.4, -0.2) is 17.0 Å². The number of aromatic nitrogens is 1. The third-order valence-corrected chi connectivity index (χ3v) is 2.73. The van der Waals surface area contributed by atoms with E-state index in [0.717, 1.165) is 18.7 Å². The van der Waals surface area contributed by atoms with Gasteiger partial charge in [0.15, 0.2) is 0 Å². The highest BCUT2D eigenvalue weighted by atomic mass is 19.1. The van der Waals surface area contributed by atoms with Gasteiger partial charge in [-0.05, 0) is 30.7 Å². The summed E-state index contributed by atoms with van der Waals surface area (Å²) < 4.78 is 28.6. The van der Waals surface area contributed by atoms with Crippen LogP contribution < -0.4 is 5.32 Å². The standard InChI is InChI=1S/C14H14F2N2O/c15-11-5-3-6-12(16)13(11)14(19)17-7-4-10-18-8-1-2-9-18/h1-3,5-6,8-9H,4,7,10H2,(H,17,19). The fourth-order valence-electron chi connectivity index (χ4n) is 1.79. The van der Waals surface area contributed by atoms with Crippen LogP contribution in [0.2, 0.25) is 0 Å². The smallest absolute Gasteiger partial charge is 0.257 e. The van der Waals surface area contributed by atoms with Gasteiger partial charge in [-0.15, -0.1) is 0 Å². The lowest BCUT2D eigenvalue weighted by molar-refractivity contribution is 0.0944. The number of hydrogen-bond donors (Lipinski definition) is 1. The van der Waals surface area contributed by atoms with Crippen molar-refractivity contribution < 1.29 is 13.6 Å². The van der Waals surface area contributed by atoms with Crippen molar-refractivity contribution in [3.05, 3.63) is 59.9 Å². The van der Waals surface area contributed by atoms with Gasteiger partial charge in [-0.3, -0.25) is 4.79 Å². The zero-order valence-electron chi connectivity index (χ0n) is 10.3. The second-order valence-corrected chi connectivity index (χ2v) is 4.13. The summed E-state index contributed by atoms with van der Waals surface area (Å²) in [6.45, 7) is 1.11. The number of nitrogens with zero attached hydrogens (tertiary/aromatic N) is 1. The maximum atomic E-state index is 13.3. The van der Waals surface area contributed by atoms with Gasteiger partial charge in [-0.2, -0.15) is 0 Å². The topological polar surface area (TPSA) is 34.0 Å². The van der Waals surface area contributed by atoms with Gasteiger partial charge >= 0.3 is 0 Å². The average molecular weight is 264 g/mol. The summed E-state index contributed by atoms with van der Waals surface area (Å²) in [6.07, 6.45) is 4.52. The van der Waals surface area contributed by atoms with Crippen LogP contribution in [-0.2, 0) is 6.54 Å². The van der Waals surface area contributed by atoms with E-state index in [0.29, 0.717) is 13.0 Å². The SMILES string of the molecule is O=C(NCCCn1cccc1)c1c(F)cccc1F. The van der Waals surface area contributed by atoms with Crippen LogP contribution in [0.25, 0.3) is 0 Å². The molecule has 1 aromatic heterocycles. The van der Waals surface area contributed by atoms with E-state index in [4.69, 9.17) is 0 Å². The summed E-state index contributed by atoms with van der Waals surface area (Å²) in [5.74, 6) is -2.41. The minimum atomic E-state index is -0.845. The molecule has 0 fully saturated rings. The number of amides is 1. The first-order valence-corrected chi connectivity index (χ1v) is 6.01. The predicted molar refractivity (Wildman–Crippen MR) is 67.7 cm³/mol. The molecule has 100 valence electrons. The molecule has 0 unspecified atom stereocenters. The minimum Gasteiger partial charge on any atom is -0.354 e. The van der Waals surface area contributed by atoms with E-state index < -0.39 is 23.1 Å². The Morgan fingerprint density at radius 1 is 1.11 bits per heavy atom. The molecule has 5 heteroatoms. The van der Waals surface area contributed by atoms with Crippen molar-refractivity contribution in [2.24, 2.45) is 0 Å². The normalized spacial score (nSPS) is 10.4. The number of benzene rings is 1. The maximum absolute atomic E-state index is 13.3. The van der Waals surface area contributed by atoms with E-state index in [1.807, 2.05) is 29.1 Å². The van der Waals surface area contributed by atoms with Crippen LogP contribution in [0, 0.1) is 11.6 Å². The Hall–Kier alpha value is -2.17. The number of halogens is 2. The van der Waals surface area contributed by atoms with Gasteiger partial charge in [-0.25, -0.2) is 8.78 Å². The van der Waals surface area contributed by atoms with Gasteiger partial charge in [-0.1, -0.05) is 6.07 Å². The number of carbonyl (C=O) groups excluding carboxylic acids is 1. The van der Waals surface area contributed by atoms with E-state index in [1.165, 1.54) is 6.07 Å². The van der Waals surface area contributed by atoms with Crippen molar-refractivity contribution in [2.45, 2.75) is 13.0 Å². The van der Waals surface area contributed by atoms with Gasteiger partial charge in [0.25, 0.3) is 5.91 Å². The Kier molecular flexibility index (Phi) is 4.28. The third kappa shape index (κ3) is 3.40. The molecule has 0 aliphatic heterocycles. The third-order valence-electron chi connectivity index (χ3n) is 2.73. The van der Waals surface area contributed by atoms with Gasteiger partial charge < -0.3 is 9.88 Å². The molecule has 0 aliphatic rings. The molecule has 1 N–H and O–H groups in total. The van der Waals surface area contributed by atoms with Crippen molar-refractivity contribution in [1.82, 2.24) is 9.88 Å². The molecule has 0 atom stereocenters. The number of aryl methyl sites for hydroxylation is 1. The molecule has 0 aliphatic carbocycles. The van der Waals surface area contributed by atoms with E-state index in [-0.39, 0.29) is 0 Å². The van der Waals surface area contributed by atoms with Crippen molar-refractivity contribution in [1.29, 1.82) is 0 Å². The van der Waals surface area contributed by atoms with E-state index in [1.54, 1.807) is 0 Å². The van der Waals surface area contributed by atoms with Crippen LogP contribution in [0.1, 0.15) is 16.8 Å². The maximum Gasteiger partial charge on any atom is 0.257 e. The lowest BCUT2D eigenvalue weighted by atomic mass is 10.2. The largest absolute Gasteiger partial charge is 0.354 e. The van der Waals surface area contributed by atoms with E-state index >= 15 is 0 Å². The molecular weight excluding hydrogens is 250 g/mol. The Labute approximate surface area is 109 Å². The highest BCUT2D eigenvalue weighted by Crippen LogP contribution is 2.11. The zero-order chi connectivity index (χ0) is 13.7. The summed E-state index contributed by atoms with van der Waals surface area (Å²) in [4.78, 5) is 11.6. The first-order valence-electron chi connectivity index (χ1n) is 6.01. The molecule has 2 aromatic rings. The van der Waals surface area contributed by atoms with Crippen LogP contribution in [0.3, 0.4) is 0 Å². The molecule has 1 heterocycles. The molecule has 3 nitrogen and oxygen atoms in total. The molecule has 0 spiro atoms. The summed E-state index contributed by atoms with van der Waals surface area (Å²) >= 11 is 0. The van der Waals surface area contributed by atoms with Gasteiger partial charge in [0, 0.05) is 25.5 Å². The second kappa shape index (κ2) is 6.13. The van der Waals surface area contributed by atoms with Gasteiger partial charge in [0.2, 0.25) is 0 Å². The first kappa shape index (κ1) is 13.3. The quantitative estimate of drug-likeness (QED) is 0.827.